The van der Waals surface area contributed by atoms with Crippen LogP contribution in [0.3, 0.4) is 0 Å². The van der Waals surface area contributed by atoms with E-state index in [4.69, 9.17) is 0 Å². The zero-order valence-electron chi connectivity index (χ0n) is 2.68. The van der Waals surface area contributed by atoms with Gasteiger partial charge in [-0.3, -0.25) is 0 Å². The monoisotopic (exact) mass is 282 g/mol. The third-order valence-electron chi connectivity index (χ3n) is 0.406. The quantitative estimate of drug-likeness (QED) is 0.520. The molecule has 1 heterocycles. The molecule has 0 fully saturated rings. The van der Waals surface area contributed by atoms with Crippen LogP contribution in [0.1, 0.15) is 0 Å². The van der Waals surface area contributed by atoms with E-state index in [0.29, 0.717) is 0 Å². The molecule has 0 aromatic carbocycles. The molecule has 0 spiro atoms. The molecule has 26 valence electrons. The fourth-order valence-electron chi connectivity index (χ4n) is 0.215. The van der Waals surface area contributed by atoms with Crippen LogP contribution in [0.4, 0.5) is 0 Å². The number of rotatable bonds is 0. The first-order chi connectivity index (χ1) is 2.50. The van der Waals surface area contributed by atoms with Gasteiger partial charge in [0.2, 0.25) is 0 Å². The molecule has 5 heavy (non-hydrogen) atoms. The van der Waals surface area contributed by atoms with Crippen molar-refractivity contribution in [1.29, 1.82) is 0 Å². The van der Waals surface area contributed by atoms with E-state index in [1.54, 1.807) is 0 Å². The molecule has 0 bridgehead atoms. The van der Waals surface area contributed by atoms with Crippen LogP contribution in [0.15, 0.2) is 8.05 Å². The Kier molecular flexibility index (Phi) is 2.14. The summed E-state index contributed by atoms with van der Waals surface area (Å²) in [6.45, 7) is 0. The minimum atomic E-state index is 0.0900. The van der Waals surface area contributed by atoms with Crippen molar-refractivity contribution >= 4 is 44.7 Å². The van der Waals surface area contributed by atoms with E-state index in [1.165, 1.54) is 0 Å². The van der Waals surface area contributed by atoms with Crippen LogP contribution < -0.4 is 0 Å². The summed E-state index contributed by atoms with van der Waals surface area (Å²) >= 11 is 0.327. The zero-order chi connectivity index (χ0) is 3.54. The van der Waals surface area contributed by atoms with E-state index in [0.717, 1.165) is 0 Å². The molecule has 0 amide bonds. The predicted octanol–water partition coefficient (Wildman–Crippen LogP) is -0.628. The summed E-state index contributed by atoms with van der Waals surface area (Å²) in [5.41, 5.74) is 0. The van der Waals surface area contributed by atoms with E-state index in [1.807, 2.05) is 0 Å². The summed E-state index contributed by atoms with van der Waals surface area (Å²) in [6.07, 6.45) is 0. The first kappa shape index (κ1) is 4.41. The molecule has 1 aliphatic heterocycles. The van der Waals surface area contributed by atoms with Gasteiger partial charge in [0.1, 0.15) is 0 Å². The molecule has 0 atom stereocenters. The number of hydrogen-bond acceptors (Lipinski definition) is 0. The van der Waals surface area contributed by atoms with Crippen LogP contribution in [0.2, 0.25) is 0 Å². The first-order valence-electron chi connectivity index (χ1n) is 1.43. The second-order valence-corrected chi connectivity index (χ2v) is 10.0. The molecule has 0 saturated carbocycles. The summed E-state index contributed by atoms with van der Waals surface area (Å²) in [4.78, 5) is 0. The van der Waals surface area contributed by atoms with Crippen LogP contribution in [-0.4, -0.2) is 44.7 Å². The van der Waals surface area contributed by atoms with Crippen molar-refractivity contribution in [3.63, 3.8) is 0 Å². The molecule has 0 aromatic heterocycles. The van der Waals surface area contributed by atoms with Gasteiger partial charge in [0.15, 0.2) is 0 Å². The van der Waals surface area contributed by atoms with E-state index in [9.17, 15) is 0 Å². The Labute approximate surface area is 52.2 Å². The second-order valence-electron chi connectivity index (χ2n) is 0.761. The summed E-state index contributed by atoms with van der Waals surface area (Å²) < 4.78 is 7.39. The maximum absolute atomic E-state index is 2.57. The van der Waals surface area contributed by atoms with Gasteiger partial charge in [-0.2, -0.15) is 0 Å². The molecular formula is C3H4Sb2. The molecule has 0 N–H and O–H groups in total. The van der Waals surface area contributed by atoms with Gasteiger partial charge in [0.05, 0.1) is 0 Å². The van der Waals surface area contributed by atoms with E-state index < -0.39 is 0 Å². The third-order valence-corrected chi connectivity index (χ3v) is 11.3. The molecule has 1 rings (SSSR count). The van der Waals surface area contributed by atoms with Crippen molar-refractivity contribution in [2.75, 3.05) is 0 Å². The fourth-order valence-corrected chi connectivity index (χ4v) is 9.68. The number of hydrogen-bond donors (Lipinski definition) is 0. The van der Waals surface area contributed by atoms with Gasteiger partial charge in [-0.25, -0.2) is 0 Å². The Bertz CT molecular complexity index is 63.0. The summed E-state index contributed by atoms with van der Waals surface area (Å²) in [7, 11) is 0. The SMILES string of the molecule is [CH]1=[CH][SbH][CH]=[Sb]1. The first-order valence-corrected chi connectivity index (χ1v) is 7.67. The average molecular weight is 284 g/mol. The van der Waals surface area contributed by atoms with Gasteiger partial charge in [-0.05, 0) is 0 Å². The molecule has 0 nitrogen and oxygen atoms in total. The van der Waals surface area contributed by atoms with Gasteiger partial charge in [0.25, 0.3) is 0 Å². The Morgan fingerprint density at radius 3 is 2.80 bits per heavy atom. The average Bonchev–Trinajstić information content (AvgIpc) is 1.76. The van der Waals surface area contributed by atoms with E-state index in [2.05, 4.69) is 9.94 Å². The van der Waals surface area contributed by atoms with Crippen LogP contribution in [0.5, 0.6) is 0 Å². The normalized spacial score (nSPS) is 17.6. The van der Waals surface area contributed by atoms with Crippen molar-refractivity contribution in [2.24, 2.45) is 0 Å². The standard InChI is InChI=1S/C2H2.CH.2Sb.H/c1-2;;;;/h1-2H;1H;;;. The molecule has 2 heteroatoms. The third kappa shape index (κ3) is 1.42. The minimum absolute atomic E-state index is 0.0900. The second kappa shape index (κ2) is 2.42. The Balaban J connectivity index is 2.61. The van der Waals surface area contributed by atoms with Crippen LogP contribution in [-0.2, 0) is 0 Å². The summed E-state index contributed by atoms with van der Waals surface area (Å²) in [5.74, 6) is 0. The molecule has 0 unspecified atom stereocenters. The Morgan fingerprint density at radius 2 is 2.60 bits per heavy atom. The van der Waals surface area contributed by atoms with Crippen LogP contribution in [0, 0.1) is 0 Å². The van der Waals surface area contributed by atoms with Crippen molar-refractivity contribution in [3.05, 3.63) is 8.05 Å². The van der Waals surface area contributed by atoms with Crippen molar-refractivity contribution in [1.82, 2.24) is 0 Å². The molecule has 0 radical (unpaired) electrons. The maximum atomic E-state index is 2.57. The van der Waals surface area contributed by atoms with Crippen LogP contribution >= 0.6 is 0 Å². The van der Waals surface area contributed by atoms with Crippen molar-refractivity contribution < 1.29 is 0 Å². The van der Waals surface area contributed by atoms with Gasteiger partial charge < -0.3 is 0 Å². The van der Waals surface area contributed by atoms with Gasteiger partial charge >= 0.3 is 52.7 Å². The van der Waals surface area contributed by atoms with Crippen molar-refractivity contribution in [2.45, 2.75) is 0 Å². The Hall–Kier alpha value is 1.25. The molecular weight excluding hydrogens is 280 g/mol. The summed E-state index contributed by atoms with van der Waals surface area (Å²) in [5, 5.41) is 0. The topological polar surface area (TPSA) is 0 Å². The van der Waals surface area contributed by atoms with Crippen molar-refractivity contribution in [3.8, 4) is 0 Å². The summed E-state index contributed by atoms with van der Waals surface area (Å²) in [6, 6.07) is 0. The molecule has 1 aliphatic rings. The van der Waals surface area contributed by atoms with E-state index in [-0.39, 0.29) is 42.8 Å². The zero-order valence-corrected chi connectivity index (χ0v) is 8.09. The molecule has 0 aromatic rings. The van der Waals surface area contributed by atoms with Gasteiger partial charge in [-0.1, -0.05) is 0 Å². The molecule has 0 aliphatic carbocycles. The van der Waals surface area contributed by atoms with Gasteiger partial charge in [-0.15, -0.1) is 0 Å². The predicted molar refractivity (Wildman–Crippen MR) is 28.1 cm³/mol. The fraction of sp³-hybridized carbons (Fsp3) is 0. The van der Waals surface area contributed by atoms with Crippen LogP contribution in [0.25, 0.3) is 0 Å². The molecule has 0 saturated heterocycles. The van der Waals surface area contributed by atoms with Gasteiger partial charge in [0, 0.05) is 0 Å². The van der Waals surface area contributed by atoms with E-state index >= 15 is 0 Å². The Morgan fingerprint density at radius 1 is 1.60 bits per heavy atom.